The summed E-state index contributed by atoms with van der Waals surface area (Å²) in [5.41, 5.74) is 0.728. The summed E-state index contributed by atoms with van der Waals surface area (Å²) < 4.78 is 0. The highest BCUT2D eigenvalue weighted by atomic mass is 35.5. The number of Topliss-reactive ketones (excluding diaryl/α,β-unsaturated/α-hetero) is 1. The fourth-order valence-electron chi connectivity index (χ4n) is 2.09. The van der Waals surface area contributed by atoms with Gasteiger partial charge in [-0.05, 0) is 30.9 Å². The van der Waals surface area contributed by atoms with Crippen LogP contribution in [0.1, 0.15) is 23.2 Å². The van der Waals surface area contributed by atoms with Crippen molar-refractivity contribution in [3.8, 4) is 0 Å². The average Bonchev–Trinajstić information content (AvgIpc) is 2.64. The molecule has 1 aliphatic heterocycles. The van der Waals surface area contributed by atoms with Crippen LogP contribution in [0.15, 0.2) is 24.3 Å². The van der Waals surface area contributed by atoms with E-state index in [-0.39, 0.29) is 5.78 Å². The lowest BCUT2D eigenvalue weighted by Crippen LogP contribution is -2.28. The summed E-state index contributed by atoms with van der Waals surface area (Å²) in [6, 6.07) is 7.22. The Morgan fingerprint density at radius 3 is 3.06 bits per heavy atom. The summed E-state index contributed by atoms with van der Waals surface area (Å²) in [4.78, 5) is 14.4. The monoisotopic (exact) mass is 283 g/mol. The molecule has 2 nitrogen and oxygen atoms in total. The van der Waals surface area contributed by atoms with E-state index in [0.717, 1.165) is 25.2 Å². The van der Waals surface area contributed by atoms with E-state index in [1.54, 1.807) is 12.1 Å². The fraction of sp³-hybridized carbons (Fsp3) is 0.500. The number of rotatable bonds is 4. The van der Waals surface area contributed by atoms with Gasteiger partial charge in [0, 0.05) is 35.8 Å². The molecule has 0 saturated carbocycles. The molecule has 0 spiro atoms. The van der Waals surface area contributed by atoms with E-state index in [1.807, 2.05) is 23.9 Å². The van der Waals surface area contributed by atoms with E-state index >= 15 is 0 Å². The zero-order chi connectivity index (χ0) is 12.8. The smallest absolute Gasteiger partial charge is 0.164 e. The highest BCUT2D eigenvalue weighted by molar-refractivity contribution is 7.99. The van der Waals surface area contributed by atoms with Gasteiger partial charge in [-0.25, -0.2) is 0 Å². The number of ketones is 1. The fourth-order valence-corrected chi connectivity index (χ4v) is 3.20. The van der Waals surface area contributed by atoms with Crippen LogP contribution in [0.5, 0.6) is 0 Å². The molecule has 1 aromatic carbocycles. The Bertz CT molecular complexity index is 403. The van der Waals surface area contributed by atoms with Crippen molar-refractivity contribution >= 4 is 29.1 Å². The second kappa shape index (κ2) is 7.17. The predicted molar refractivity (Wildman–Crippen MR) is 78.8 cm³/mol. The predicted octanol–water partition coefficient (Wildman–Crippen LogP) is 3.35. The minimum atomic E-state index is 0.189. The Hall–Kier alpha value is -0.510. The molecule has 0 atom stereocenters. The Morgan fingerprint density at radius 1 is 1.33 bits per heavy atom. The zero-order valence-corrected chi connectivity index (χ0v) is 12.0. The van der Waals surface area contributed by atoms with Crippen molar-refractivity contribution in [2.24, 2.45) is 0 Å². The van der Waals surface area contributed by atoms with Crippen molar-refractivity contribution in [1.82, 2.24) is 4.90 Å². The second-order valence-electron chi connectivity index (χ2n) is 4.49. The van der Waals surface area contributed by atoms with Gasteiger partial charge >= 0.3 is 0 Å². The Kier molecular flexibility index (Phi) is 5.54. The van der Waals surface area contributed by atoms with Crippen LogP contribution >= 0.6 is 23.4 Å². The van der Waals surface area contributed by atoms with Crippen LogP contribution in [0.3, 0.4) is 0 Å². The van der Waals surface area contributed by atoms with Crippen LogP contribution in [0.2, 0.25) is 5.02 Å². The molecule has 0 bridgehead atoms. The number of hydrogen-bond acceptors (Lipinski definition) is 3. The van der Waals surface area contributed by atoms with E-state index < -0.39 is 0 Å². The normalized spacial score (nSPS) is 17.4. The molecule has 0 unspecified atom stereocenters. The quantitative estimate of drug-likeness (QED) is 0.791. The highest BCUT2D eigenvalue weighted by Crippen LogP contribution is 2.14. The van der Waals surface area contributed by atoms with Crippen LogP contribution in [0, 0.1) is 0 Å². The molecule has 0 radical (unpaired) electrons. The van der Waals surface area contributed by atoms with Gasteiger partial charge in [0.1, 0.15) is 0 Å². The summed E-state index contributed by atoms with van der Waals surface area (Å²) in [5.74, 6) is 2.62. The Labute approximate surface area is 118 Å². The van der Waals surface area contributed by atoms with E-state index in [1.165, 1.54) is 17.9 Å². The maximum atomic E-state index is 12.0. The van der Waals surface area contributed by atoms with Crippen LogP contribution in [-0.2, 0) is 0 Å². The molecule has 0 aromatic heterocycles. The topological polar surface area (TPSA) is 20.3 Å². The molecule has 0 amide bonds. The number of carbonyl (C=O) groups excluding carboxylic acids is 1. The number of nitrogens with zero attached hydrogens (tertiary/aromatic N) is 1. The van der Waals surface area contributed by atoms with E-state index in [4.69, 9.17) is 11.6 Å². The molecule has 0 aliphatic carbocycles. The number of carbonyl (C=O) groups is 1. The second-order valence-corrected chi connectivity index (χ2v) is 6.15. The van der Waals surface area contributed by atoms with Gasteiger partial charge < -0.3 is 4.90 Å². The molecule has 2 rings (SSSR count). The minimum Gasteiger partial charge on any atom is -0.302 e. The largest absolute Gasteiger partial charge is 0.302 e. The zero-order valence-electron chi connectivity index (χ0n) is 10.4. The lowest BCUT2D eigenvalue weighted by Gasteiger charge is -2.18. The van der Waals surface area contributed by atoms with E-state index in [2.05, 4.69) is 4.90 Å². The van der Waals surface area contributed by atoms with Gasteiger partial charge in [-0.1, -0.05) is 23.7 Å². The van der Waals surface area contributed by atoms with Gasteiger partial charge in [-0.15, -0.1) is 0 Å². The number of hydrogen-bond donors (Lipinski definition) is 0. The minimum absolute atomic E-state index is 0.189. The van der Waals surface area contributed by atoms with Gasteiger partial charge in [0.15, 0.2) is 5.78 Å². The van der Waals surface area contributed by atoms with Crippen molar-refractivity contribution in [1.29, 1.82) is 0 Å². The van der Waals surface area contributed by atoms with Crippen molar-refractivity contribution in [3.05, 3.63) is 34.9 Å². The molecule has 1 aromatic rings. The third-order valence-corrected chi connectivity index (χ3v) is 4.40. The molecule has 18 heavy (non-hydrogen) atoms. The van der Waals surface area contributed by atoms with Gasteiger partial charge in [0.25, 0.3) is 0 Å². The molecular formula is C14H18ClNOS. The standard InChI is InChI=1S/C14H18ClNOS/c15-13-4-1-3-12(11-13)14(17)5-7-16-6-2-9-18-10-8-16/h1,3-4,11H,2,5-10H2. The molecule has 1 fully saturated rings. The summed E-state index contributed by atoms with van der Waals surface area (Å²) in [5, 5.41) is 0.632. The van der Waals surface area contributed by atoms with Crippen molar-refractivity contribution in [2.75, 3.05) is 31.1 Å². The summed E-state index contributed by atoms with van der Waals surface area (Å²) >= 11 is 7.90. The lowest BCUT2D eigenvalue weighted by atomic mass is 10.1. The lowest BCUT2D eigenvalue weighted by molar-refractivity contribution is 0.0966. The first kappa shape index (κ1) is 13.9. The summed E-state index contributed by atoms with van der Waals surface area (Å²) in [6.07, 6.45) is 1.82. The number of thioether (sulfide) groups is 1. The molecule has 1 saturated heterocycles. The van der Waals surface area contributed by atoms with E-state index in [0.29, 0.717) is 11.4 Å². The van der Waals surface area contributed by atoms with Gasteiger partial charge in [-0.3, -0.25) is 4.79 Å². The molecule has 0 N–H and O–H groups in total. The molecule has 4 heteroatoms. The van der Waals surface area contributed by atoms with Gasteiger partial charge in [0.2, 0.25) is 0 Å². The van der Waals surface area contributed by atoms with Crippen LogP contribution in [-0.4, -0.2) is 41.8 Å². The molecule has 98 valence electrons. The Morgan fingerprint density at radius 2 is 2.22 bits per heavy atom. The SMILES string of the molecule is O=C(CCN1CCCSCC1)c1cccc(Cl)c1. The van der Waals surface area contributed by atoms with Crippen LogP contribution in [0.25, 0.3) is 0 Å². The van der Waals surface area contributed by atoms with Crippen molar-refractivity contribution in [3.63, 3.8) is 0 Å². The summed E-state index contributed by atoms with van der Waals surface area (Å²) in [6.45, 7) is 3.09. The average molecular weight is 284 g/mol. The highest BCUT2D eigenvalue weighted by Gasteiger charge is 2.12. The molecule has 1 heterocycles. The number of halogens is 1. The first-order valence-corrected chi connectivity index (χ1v) is 7.88. The molecule has 1 aliphatic rings. The van der Waals surface area contributed by atoms with Crippen molar-refractivity contribution in [2.45, 2.75) is 12.8 Å². The van der Waals surface area contributed by atoms with Crippen LogP contribution in [0.4, 0.5) is 0 Å². The van der Waals surface area contributed by atoms with Crippen molar-refractivity contribution < 1.29 is 4.79 Å². The maximum absolute atomic E-state index is 12.0. The number of benzene rings is 1. The summed E-state index contributed by atoms with van der Waals surface area (Å²) in [7, 11) is 0. The van der Waals surface area contributed by atoms with E-state index in [9.17, 15) is 4.79 Å². The first-order valence-electron chi connectivity index (χ1n) is 6.34. The third-order valence-electron chi connectivity index (χ3n) is 3.12. The van der Waals surface area contributed by atoms with Gasteiger partial charge in [0.05, 0.1) is 0 Å². The first-order chi connectivity index (χ1) is 8.75. The molecular weight excluding hydrogens is 266 g/mol. The maximum Gasteiger partial charge on any atom is 0.164 e. The third kappa shape index (κ3) is 4.30. The van der Waals surface area contributed by atoms with Crippen LogP contribution < -0.4 is 0 Å². The Balaban J connectivity index is 1.84. The van der Waals surface area contributed by atoms with Gasteiger partial charge in [-0.2, -0.15) is 11.8 Å².